The lowest BCUT2D eigenvalue weighted by molar-refractivity contribution is 0.467. The summed E-state index contributed by atoms with van der Waals surface area (Å²) in [5, 5.41) is 0. The summed E-state index contributed by atoms with van der Waals surface area (Å²) in [6.07, 6.45) is 16.0. The first kappa shape index (κ1) is 37.9. The van der Waals surface area contributed by atoms with Crippen LogP contribution >= 0.6 is 12.2 Å². The summed E-state index contributed by atoms with van der Waals surface area (Å²) in [5.41, 5.74) is 6.37. The van der Waals surface area contributed by atoms with E-state index in [-0.39, 0.29) is 0 Å². The van der Waals surface area contributed by atoms with Gasteiger partial charge < -0.3 is 0 Å². The molecule has 0 amide bonds. The summed E-state index contributed by atoms with van der Waals surface area (Å²) in [5.74, 6) is 0.794. The van der Waals surface area contributed by atoms with Crippen LogP contribution in [0.1, 0.15) is 110 Å². The van der Waals surface area contributed by atoms with E-state index >= 15 is 0 Å². The van der Waals surface area contributed by atoms with E-state index < -0.39 is 0 Å². The van der Waals surface area contributed by atoms with Crippen molar-refractivity contribution in [2.75, 3.05) is 0 Å². The fraction of sp³-hybridized carbons (Fsp3) is 0.486. The second-order valence-corrected chi connectivity index (χ2v) is 10.7. The molecule has 2 aromatic carbocycles. The molecule has 0 aromatic heterocycles. The molecule has 2 aromatic rings. The van der Waals surface area contributed by atoms with Crippen LogP contribution in [0.5, 0.6) is 0 Å². The smallest absolute Gasteiger partial charge is 0.00383 e. The molecule has 0 aliphatic carbocycles. The largest absolute Gasteiger partial charge is 0.0958 e. The number of aryl methyl sites for hydroxylation is 2. The van der Waals surface area contributed by atoms with Crippen LogP contribution in [-0.2, 0) is 6.42 Å². The van der Waals surface area contributed by atoms with E-state index in [2.05, 4.69) is 97.5 Å². The second kappa shape index (κ2) is 26.4. The fourth-order valence-corrected chi connectivity index (χ4v) is 3.59. The van der Waals surface area contributed by atoms with Gasteiger partial charge in [0, 0.05) is 6.42 Å². The Bertz CT molecular complexity index is 882. The Kier molecular flexibility index (Phi) is 26.3. The highest BCUT2D eigenvalue weighted by Gasteiger charge is 2.09. The van der Waals surface area contributed by atoms with E-state index in [4.69, 9.17) is 12.2 Å². The highest BCUT2D eigenvalue weighted by atomic mass is 32.1. The molecule has 2 rings (SSSR count). The van der Waals surface area contributed by atoms with Crippen molar-refractivity contribution in [2.24, 2.45) is 5.92 Å². The number of thiocarbonyl (C=S) groups is 1. The normalized spacial score (nSPS) is 11.2. The van der Waals surface area contributed by atoms with Gasteiger partial charge in [0.2, 0.25) is 0 Å². The first-order chi connectivity index (χ1) is 18.1. The van der Waals surface area contributed by atoms with Gasteiger partial charge in [0.05, 0.1) is 0 Å². The van der Waals surface area contributed by atoms with Crippen molar-refractivity contribution in [3.8, 4) is 0 Å². The monoisotopic (exact) mass is 534 g/mol. The average molecular weight is 535 g/mol. The van der Waals surface area contributed by atoms with Crippen molar-refractivity contribution in [1.82, 2.24) is 0 Å². The van der Waals surface area contributed by atoms with Gasteiger partial charge in [-0.05, 0) is 63.0 Å². The van der Waals surface area contributed by atoms with Crippen molar-refractivity contribution in [3.05, 3.63) is 107 Å². The molecule has 0 fully saturated rings. The summed E-state index contributed by atoms with van der Waals surface area (Å²) >= 11 is 5.56. The third-order valence-corrected chi connectivity index (χ3v) is 6.54. The van der Waals surface area contributed by atoms with E-state index in [1.54, 1.807) is 0 Å². The van der Waals surface area contributed by atoms with E-state index in [1.165, 1.54) is 65.7 Å². The van der Waals surface area contributed by atoms with E-state index in [0.29, 0.717) is 0 Å². The minimum atomic E-state index is 0.794. The van der Waals surface area contributed by atoms with Gasteiger partial charge in [0.15, 0.2) is 0 Å². The lowest BCUT2D eigenvalue weighted by atomic mass is 9.92. The summed E-state index contributed by atoms with van der Waals surface area (Å²) in [6.45, 7) is 23.0. The summed E-state index contributed by atoms with van der Waals surface area (Å²) in [4.78, 5) is 1.22. The Morgan fingerprint density at radius 2 is 1.39 bits per heavy atom. The molecule has 1 unspecified atom stereocenters. The summed E-state index contributed by atoms with van der Waals surface area (Å²) in [6, 6.07) is 19.0. The zero-order chi connectivity index (χ0) is 29.2. The minimum absolute atomic E-state index is 0.794. The number of benzene rings is 2. The van der Waals surface area contributed by atoms with Gasteiger partial charge in [0.25, 0.3) is 0 Å². The van der Waals surface area contributed by atoms with Crippen LogP contribution in [0, 0.1) is 19.8 Å². The van der Waals surface area contributed by atoms with Gasteiger partial charge in [0.1, 0.15) is 0 Å². The maximum absolute atomic E-state index is 5.56. The van der Waals surface area contributed by atoms with E-state index in [0.717, 1.165) is 24.3 Å². The van der Waals surface area contributed by atoms with Crippen LogP contribution in [0.2, 0.25) is 0 Å². The third-order valence-electron chi connectivity index (χ3n) is 6.23. The Morgan fingerprint density at radius 1 is 0.842 bits per heavy atom. The molecule has 0 heterocycles. The zero-order valence-electron chi connectivity index (χ0n) is 26.3. The van der Waals surface area contributed by atoms with Crippen LogP contribution < -0.4 is 0 Å². The molecule has 0 saturated carbocycles. The highest BCUT2D eigenvalue weighted by molar-refractivity contribution is 7.80. The maximum Gasteiger partial charge on any atom is 0.00383 e. The molecule has 0 spiro atoms. The van der Waals surface area contributed by atoms with Gasteiger partial charge in [-0.1, -0.05) is 175 Å². The molecular formula is C37H58S. The Morgan fingerprint density at radius 3 is 1.79 bits per heavy atom. The van der Waals surface area contributed by atoms with Crippen molar-refractivity contribution < 1.29 is 0 Å². The van der Waals surface area contributed by atoms with Crippen LogP contribution in [-0.4, -0.2) is 4.86 Å². The SMILES string of the molecule is C=C(C)/C(C)=C/C=C\C.CCCC.CCCCC(CC)CC(=S)Cc1ccc(C)cc1.Cc1ccccc1. The first-order valence-corrected chi connectivity index (χ1v) is 15.1. The maximum atomic E-state index is 5.56. The van der Waals surface area contributed by atoms with Gasteiger partial charge in [-0.15, -0.1) is 0 Å². The predicted molar refractivity (Wildman–Crippen MR) is 181 cm³/mol. The molecule has 0 nitrogen and oxygen atoms in total. The van der Waals surface area contributed by atoms with Crippen LogP contribution in [0.15, 0.2) is 90.6 Å². The Hall–Kier alpha value is -2.25. The Labute approximate surface area is 243 Å². The number of hydrogen-bond acceptors (Lipinski definition) is 1. The number of rotatable bonds is 11. The molecule has 0 bridgehead atoms. The van der Waals surface area contributed by atoms with Crippen molar-refractivity contribution in [1.29, 1.82) is 0 Å². The second-order valence-electron chi connectivity index (χ2n) is 10.1. The first-order valence-electron chi connectivity index (χ1n) is 14.7. The molecule has 0 aliphatic heterocycles. The van der Waals surface area contributed by atoms with Crippen molar-refractivity contribution in [3.63, 3.8) is 0 Å². The Balaban J connectivity index is 0. The van der Waals surface area contributed by atoms with E-state index in [9.17, 15) is 0 Å². The number of hydrogen-bond donors (Lipinski definition) is 0. The average Bonchev–Trinajstić information content (AvgIpc) is 2.92. The molecule has 212 valence electrons. The molecular weight excluding hydrogens is 476 g/mol. The lowest BCUT2D eigenvalue weighted by Crippen LogP contribution is -2.08. The van der Waals surface area contributed by atoms with Crippen molar-refractivity contribution in [2.45, 2.75) is 114 Å². The number of unbranched alkanes of at least 4 members (excludes halogenated alkanes) is 2. The molecule has 0 saturated heterocycles. The standard InChI is InChI=1S/C17H26S.C9H14.C7H8.C4H10/c1-4-6-7-15(5-2)12-17(18)13-16-10-8-14(3)9-11-16;1-5-6-7-9(4)8(2)3;1-7-5-3-2-4-6-7;1-3-4-2/h8-11,15H,4-7,12-13H2,1-3H3;5-7H,2H2,1,3-4H3;2-6H,1H3;3-4H2,1-2H3/b;6-5-,9-7+;;. The van der Waals surface area contributed by atoms with Crippen LogP contribution in [0.4, 0.5) is 0 Å². The molecule has 0 radical (unpaired) electrons. The molecule has 0 N–H and O–H groups in total. The van der Waals surface area contributed by atoms with Gasteiger partial charge in [-0.25, -0.2) is 0 Å². The highest BCUT2D eigenvalue weighted by Crippen LogP contribution is 2.19. The van der Waals surface area contributed by atoms with Gasteiger partial charge >= 0.3 is 0 Å². The van der Waals surface area contributed by atoms with Gasteiger partial charge in [-0.3, -0.25) is 0 Å². The lowest BCUT2D eigenvalue weighted by Gasteiger charge is -2.15. The number of allylic oxidation sites excluding steroid dienone is 5. The minimum Gasteiger partial charge on any atom is -0.0958 e. The molecule has 1 atom stereocenters. The zero-order valence-corrected chi connectivity index (χ0v) is 27.1. The molecule has 38 heavy (non-hydrogen) atoms. The summed E-state index contributed by atoms with van der Waals surface area (Å²) in [7, 11) is 0. The van der Waals surface area contributed by atoms with E-state index in [1.807, 2.05) is 44.2 Å². The molecule has 1 heteroatoms. The summed E-state index contributed by atoms with van der Waals surface area (Å²) < 4.78 is 0. The quantitative estimate of drug-likeness (QED) is 0.204. The van der Waals surface area contributed by atoms with Gasteiger partial charge in [-0.2, -0.15) is 0 Å². The van der Waals surface area contributed by atoms with Crippen LogP contribution in [0.25, 0.3) is 0 Å². The topological polar surface area (TPSA) is 0 Å². The van der Waals surface area contributed by atoms with Crippen molar-refractivity contribution >= 4 is 17.1 Å². The van der Waals surface area contributed by atoms with Crippen LogP contribution in [0.3, 0.4) is 0 Å². The molecule has 0 aliphatic rings. The fourth-order valence-electron chi connectivity index (χ4n) is 3.19. The third kappa shape index (κ3) is 24.1. The predicted octanol–water partition coefficient (Wildman–Crippen LogP) is 12.4.